The molecule has 88 valence electrons. The Morgan fingerprint density at radius 1 is 1.44 bits per heavy atom. The number of hydrogen-bond donors (Lipinski definition) is 1. The number of carbonyl (C=O) groups is 1. The van der Waals surface area contributed by atoms with Gasteiger partial charge in [0.15, 0.2) is 0 Å². The largest absolute Gasteiger partial charge is 0.465 e. The Labute approximate surface area is 96.0 Å². The van der Waals surface area contributed by atoms with E-state index in [0.717, 1.165) is 5.69 Å². The predicted molar refractivity (Wildman–Crippen MR) is 65.7 cm³/mol. The lowest BCUT2D eigenvalue weighted by Gasteiger charge is -2.25. The molecule has 0 amide bonds. The van der Waals surface area contributed by atoms with E-state index in [1.807, 2.05) is 11.9 Å². The number of nitrogens with two attached hydrogens (primary N) is 1. The molecule has 1 aromatic carbocycles. The van der Waals surface area contributed by atoms with E-state index in [1.54, 1.807) is 18.2 Å². The highest BCUT2D eigenvalue weighted by atomic mass is 16.5. The molecular weight excluding hydrogens is 204 g/mol. The first-order chi connectivity index (χ1) is 7.47. The van der Waals surface area contributed by atoms with Crippen LogP contribution in [-0.4, -0.2) is 26.2 Å². The second-order valence-electron chi connectivity index (χ2n) is 3.97. The summed E-state index contributed by atoms with van der Waals surface area (Å²) in [7, 11) is 3.31. The van der Waals surface area contributed by atoms with Crippen LogP contribution >= 0.6 is 0 Å². The van der Waals surface area contributed by atoms with Crippen LogP contribution in [0.5, 0.6) is 0 Å². The Morgan fingerprint density at radius 3 is 2.56 bits per heavy atom. The Bertz CT molecular complexity index is 389. The lowest BCUT2D eigenvalue weighted by molar-refractivity contribution is 0.0601. The molecule has 0 aliphatic rings. The van der Waals surface area contributed by atoms with Crippen LogP contribution in [0.3, 0.4) is 0 Å². The van der Waals surface area contributed by atoms with E-state index in [-0.39, 0.29) is 5.97 Å². The van der Waals surface area contributed by atoms with Crippen molar-refractivity contribution in [3.8, 4) is 0 Å². The van der Waals surface area contributed by atoms with Gasteiger partial charge in [0, 0.05) is 13.1 Å². The second kappa shape index (κ2) is 4.88. The third-order valence-electron chi connectivity index (χ3n) is 2.61. The standard InChI is InChI=1S/C12H18N2O2/c1-8(2)14(3)11-7-9(12(15)16-4)5-6-10(11)13/h5-8H,13H2,1-4H3. The molecule has 0 fully saturated rings. The van der Waals surface area contributed by atoms with Crippen molar-refractivity contribution >= 4 is 17.3 Å². The number of hydrogen-bond acceptors (Lipinski definition) is 4. The summed E-state index contributed by atoms with van der Waals surface area (Å²) in [6.07, 6.45) is 0. The minimum absolute atomic E-state index is 0.315. The minimum atomic E-state index is -0.349. The lowest BCUT2D eigenvalue weighted by Crippen LogP contribution is -2.26. The van der Waals surface area contributed by atoms with E-state index < -0.39 is 0 Å². The Morgan fingerprint density at radius 2 is 2.06 bits per heavy atom. The average molecular weight is 222 g/mol. The zero-order valence-electron chi connectivity index (χ0n) is 10.2. The minimum Gasteiger partial charge on any atom is -0.465 e. The summed E-state index contributed by atoms with van der Waals surface area (Å²) in [5.41, 5.74) is 7.89. The first-order valence-electron chi connectivity index (χ1n) is 5.18. The number of rotatable bonds is 3. The van der Waals surface area contributed by atoms with Crippen molar-refractivity contribution in [1.29, 1.82) is 0 Å². The molecule has 2 N–H and O–H groups in total. The molecule has 1 aromatic rings. The first-order valence-corrected chi connectivity index (χ1v) is 5.18. The topological polar surface area (TPSA) is 55.6 Å². The molecule has 0 unspecified atom stereocenters. The summed E-state index contributed by atoms with van der Waals surface area (Å²) in [6, 6.07) is 5.45. The van der Waals surface area contributed by atoms with Gasteiger partial charge in [-0.05, 0) is 32.0 Å². The van der Waals surface area contributed by atoms with Crippen molar-refractivity contribution in [3.05, 3.63) is 23.8 Å². The first kappa shape index (κ1) is 12.4. The van der Waals surface area contributed by atoms with E-state index >= 15 is 0 Å². The van der Waals surface area contributed by atoms with Crippen molar-refractivity contribution in [2.75, 3.05) is 24.8 Å². The Kier molecular flexibility index (Phi) is 3.77. The van der Waals surface area contributed by atoms with E-state index in [1.165, 1.54) is 7.11 Å². The predicted octanol–water partition coefficient (Wildman–Crippen LogP) is 1.90. The van der Waals surface area contributed by atoms with Crippen LogP contribution < -0.4 is 10.6 Å². The van der Waals surface area contributed by atoms with Gasteiger partial charge >= 0.3 is 5.97 Å². The molecule has 0 aromatic heterocycles. The molecule has 0 bridgehead atoms. The number of anilines is 2. The van der Waals surface area contributed by atoms with E-state index in [2.05, 4.69) is 18.6 Å². The third-order valence-corrected chi connectivity index (χ3v) is 2.61. The fraction of sp³-hybridized carbons (Fsp3) is 0.417. The lowest BCUT2D eigenvalue weighted by atomic mass is 10.1. The highest BCUT2D eigenvalue weighted by Gasteiger charge is 2.12. The maximum Gasteiger partial charge on any atom is 0.337 e. The van der Waals surface area contributed by atoms with Crippen molar-refractivity contribution in [2.45, 2.75) is 19.9 Å². The van der Waals surface area contributed by atoms with Gasteiger partial charge in [0.05, 0.1) is 24.0 Å². The van der Waals surface area contributed by atoms with Gasteiger partial charge < -0.3 is 15.4 Å². The molecule has 0 aliphatic carbocycles. The number of nitrogens with zero attached hydrogens (tertiary/aromatic N) is 1. The van der Waals surface area contributed by atoms with Crippen LogP contribution in [0.15, 0.2) is 18.2 Å². The summed E-state index contributed by atoms with van der Waals surface area (Å²) in [5.74, 6) is -0.349. The Hall–Kier alpha value is -1.71. The smallest absolute Gasteiger partial charge is 0.337 e. The third kappa shape index (κ3) is 2.45. The van der Waals surface area contributed by atoms with Crippen LogP contribution in [0.25, 0.3) is 0 Å². The summed E-state index contributed by atoms with van der Waals surface area (Å²) in [6.45, 7) is 4.12. The van der Waals surface area contributed by atoms with Crippen LogP contribution in [0, 0.1) is 0 Å². The maximum absolute atomic E-state index is 11.4. The van der Waals surface area contributed by atoms with Gasteiger partial charge in [0.1, 0.15) is 0 Å². The molecule has 1 rings (SSSR count). The molecule has 0 atom stereocenters. The number of nitrogen functional groups attached to an aromatic ring is 1. The molecule has 4 nitrogen and oxygen atoms in total. The van der Waals surface area contributed by atoms with Gasteiger partial charge in [0.25, 0.3) is 0 Å². The molecule has 0 radical (unpaired) electrons. The van der Waals surface area contributed by atoms with Crippen molar-refractivity contribution < 1.29 is 9.53 Å². The van der Waals surface area contributed by atoms with E-state index in [0.29, 0.717) is 17.3 Å². The number of benzene rings is 1. The van der Waals surface area contributed by atoms with Gasteiger partial charge in [0.2, 0.25) is 0 Å². The average Bonchev–Trinajstić information content (AvgIpc) is 2.27. The van der Waals surface area contributed by atoms with Crippen LogP contribution in [-0.2, 0) is 4.74 Å². The zero-order chi connectivity index (χ0) is 12.3. The van der Waals surface area contributed by atoms with Gasteiger partial charge in [-0.15, -0.1) is 0 Å². The molecule has 0 spiro atoms. The van der Waals surface area contributed by atoms with Crippen LogP contribution in [0.1, 0.15) is 24.2 Å². The quantitative estimate of drug-likeness (QED) is 0.627. The van der Waals surface area contributed by atoms with E-state index in [4.69, 9.17) is 5.73 Å². The van der Waals surface area contributed by atoms with Gasteiger partial charge in [-0.2, -0.15) is 0 Å². The normalized spacial score (nSPS) is 10.3. The van der Waals surface area contributed by atoms with Gasteiger partial charge in [-0.3, -0.25) is 0 Å². The molecule has 0 saturated heterocycles. The molecule has 0 saturated carbocycles. The molecular formula is C12H18N2O2. The fourth-order valence-corrected chi connectivity index (χ4v) is 1.37. The zero-order valence-corrected chi connectivity index (χ0v) is 10.2. The second-order valence-corrected chi connectivity index (χ2v) is 3.97. The monoisotopic (exact) mass is 222 g/mol. The highest BCUT2D eigenvalue weighted by molar-refractivity contribution is 5.92. The SMILES string of the molecule is COC(=O)c1ccc(N)c(N(C)C(C)C)c1. The fourth-order valence-electron chi connectivity index (χ4n) is 1.37. The summed E-state index contributed by atoms with van der Waals surface area (Å²) < 4.78 is 4.67. The van der Waals surface area contributed by atoms with Crippen LogP contribution in [0.4, 0.5) is 11.4 Å². The van der Waals surface area contributed by atoms with Crippen molar-refractivity contribution in [1.82, 2.24) is 0 Å². The van der Waals surface area contributed by atoms with E-state index in [9.17, 15) is 4.79 Å². The maximum atomic E-state index is 11.4. The van der Waals surface area contributed by atoms with Gasteiger partial charge in [-0.25, -0.2) is 4.79 Å². The molecule has 0 aliphatic heterocycles. The van der Waals surface area contributed by atoms with Crippen molar-refractivity contribution in [3.63, 3.8) is 0 Å². The molecule has 16 heavy (non-hydrogen) atoms. The Balaban J connectivity index is 3.13. The van der Waals surface area contributed by atoms with Crippen molar-refractivity contribution in [2.24, 2.45) is 0 Å². The summed E-state index contributed by atoms with van der Waals surface area (Å²) in [5, 5.41) is 0. The highest BCUT2D eigenvalue weighted by Crippen LogP contribution is 2.25. The number of carbonyl (C=O) groups excluding carboxylic acids is 1. The van der Waals surface area contributed by atoms with Gasteiger partial charge in [-0.1, -0.05) is 0 Å². The number of ether oxygens (including phenoxy) is 1. The molecule has 0 heterocycles. The van der Waals surface area contributed by atoms with Crippen LogP contribution in [0.2, 0.25) is 0 Å². The molecule has 4 heteroatoms. The number of esters is 1. The number of methoxy groups -OCH3 is 1. The summed E-state index contributed by atoms with van der Waals surface area (Å²) in [4.78, 5) is 13.4. The summed E-state index contributed by atoms with van der Waals surface area (Å²) >= 11 is 0.